The van der Waals surface area contributed by atoms with Gasteiger partial charge in [-0.1, -0.05) is 19.3 Å². The van der Waals surface area contributed by atoms with Crippen molar-refractivity contribution in [1.29, 1.82) is 0 Å². The fraction of sp³-hybridized carbons (Fsp3) is 0.652. The molecule has 8 heteroatoms. The molecule has 31 heavy (non-hydrogen) atoms. The Balaban J connectivity index is 1.47. The molecule has 1 saturated carbocycles. The van der Waals surface area contributed by atoms with Crippen molar-refractivity contribution in [2.45, 2.75) is 69.4 Å². The number of likely N-dealkylation sites (N-methyl/N-ethyl adjacent to an activating group) is 1. The second kappa shape index (κ2) is 8.94. The average molecular weight is 426 g/mol. The first-order valence-electron chi connectivity index (χ1n) is 11.6. The average Bonchev–Trinajstić information content (AvgIpc) is 3.11. The summed E-state index contributed by atoms with van der Waals surface area (Å²) < 4.78 is 11.7. The molecule has 1 unspecified atom stereocenters. The third-order valence-corrected chi connectivity index (χ3v) is 6.78. The number of fused-ring (bicyclic) bond motifs is 1. The van der Waals surface area contributed by atoms with Crippen LogP contribution in [0.3, 0.4) is 0 Å². The number of pyridine rings is 1. The molecular weight excluding hydrogens is 394 g/mol. The second-order valence-electron chi connectivity index (χ2n) is 9.06. The van der Waals surface area contributed by atoms with Crippen molar-refractivity contribution in [2.75, 3.05) is 32.1 Å². The molecule has 0 bridgehead atoms. The Morgan fingerprint density at radius 3 is 2.65 bits per heavy atom. The van der Waals surface area contributed by atoms with E-state index in [1.165, 1.54) is 37.7 Å². The van der Waals surface area contributed by atoms with Crippen LogP contribution in [0.5, 0.6) is 5.88 Å². The fourth-order valence-corrected chi connectivity index (χ4v) is 4.99. The van der Waals surface area contributed by atoms with Crippen molar-refractivity contribution in [3.05, 3.63) is 18.0 Å². The molecule has 5 rings (SSSR count). The van der Waals surface area contributed by atoms with Crippen molar-refractivity contribution in [3.8, 4) is 5.88 Å². The van der Waals surface area contributed by atoms with Gasteiger partial charge < -0.3 is 19.7 Å². The summed E-state index contributed by atoms with van der Waals surface area (Å²) in [4.78, 5) is 27.8. The zero-order chi connectivity index (χ0) is 21.2. The largest absolute Gasteiger partial charge is 0.474 e. The number of nitrogens with one attached hydrogen (secondary N) is 1. The van der Waals surface area contributed by atoms with Gasteiger partial charge in [-0.05, 0) is 18.8 Å². The van der Waals surface area contributed by atoms with Crippen LogP contribution in [0.4, 0.5) is 5.95 Å². The van der Waals surface area contributed by atoms with Gasteiger partial charge in [-0.3, -0.25) is 4.79 Å². The number of nitrogens with zero attached hydrogens (tertiary/aromatic N) is 4. The Bertz CT molecular complexity index is 940. The number of amides is 1. The van der Waals surface area contributed by atoms with Crippen molar-refractivity contribution < 1.29 is 14.3 Å². The molecule has 1 aliphatic carbocycles. The van der Waals surface area contributed by atoms with E-state index in [-0.39, 0.29) is 18.1 Å². The minimum Gasteiger partial charge on any atom is -0.474 e. The van der Waals surface area contributed by atoms with E-state index in [2.05, 4.69) is 10.3 Å². The van der Waals surface area contributed by atoms with Gasteiger partial charge in [-0.25, -0.2) is 15.0 Å². The van der Waals surface area contributed by atoms with Crippen LogP contribution in [-0.4, -0.2) is 64.7 Å². The number of aromatic nitrogens is 3. The van der Waals surface area contributed by atoms with E-state index in [1.807, 2.05) is 19.4 Å². The Kier molecular flexibility index (Phi) is 5.89. The van der Waals surface area contributed by atoms with E-state index in [1.54, 1.807) is 4.90 Å². The molecule has 0 spiro atoms. The lowest BCUT2D eigenvalue weighted by Crippen LogP contribution is -2.26. The molecule has 0 radical (unpaired) electrons. The molecular formula is C23H31N5O3. The first-order valence-corrected chi connectivity index (χ1v) is 11.6. The maximum absolute atomic E-state index is 11.9. The number of anilines is 1. The highest BCUT2D eigenvalue weighted by Crippen LogP contribution is 2.38. The molecule has 2 aromatic rings. The minimum atomic E-state index is 0.0351. The summed E-state index contributed by atoms with van der Waals surface area (Å²) in [7, 11) is 1.83. The van der Waals surface area contributed by atoms with Gasteiger partial charge in [-0.15, -0.1) is 0 Å². The van der Waals surface area contributed by atoms with E-state index in [0.29, 0.717) is 30.7 Å². The number of ether oxygens (including phenoxy) is 2. The highest BCUT2D eigenvalue weighted by atomic mass is 16.5. The monoisotopic (exact) mass is 425 g/mol. The van der Waals surface area contributed by atoms with Crippen molar-refractivity contribution in [1.82, 2.24) is 19.9 Å². The second-order valence-corrected chi connectivity index (χ2v) is 9.06. The molecule has 3 aliphatic rings. The zero-order valence-corrected chi connectivity index (χ0v) is 18.2. The highest BCUT2D eigenvalue weighted by molar-refractivity contribution is 5.87. The van der Waals surface area contributed by atoms with Crippen LogP contribution in [0.15, 0.2) is 12.4 Å². The van der Waals surface area contributed by atoms with Gasteiger partial charge in [0.1, 0.15) is 6.10 Å². The van der Waals surface area contributed by atoms with E-state index in [9.17, 15) is 4.79 Å². The number of likely N-dealkylation sites (tertiary alicyclic amines) is 1. The van der Waals surface area contributed by atoms with Crippen molar-refractivity contribution >= 4 is 22.8 Å². The highest BCUT2D eigenvalue weighted by Gasteiger charge is 2.28. The van der Waals surface area contributed by atoms with Gasteiger partial charge in [0.25, 0.3) is 0 Å². The molecule has 1 amide bonds. The summed E-state index contributed by atoms with van der Waals surface area (Å²) in [6.45, 7) is 2.12. The van der Waals surface area contributed by atoms with E-state index >= 15 is 0 Å². The summed E-state index contributed by atoms with van der Waals surface area (Å²) >= 11 is 0. The third kappa shape index (κ3) is 4.44. The summed E-state index contributed by atoms with van der Waals surface area (Å²) in [5, 5.41) is 4.24. The first kappa shape index (κ1) is 20.4. The van der Waals surface area contributed by atoms with Gasteiger partial charge in [0.15, 0.2) is 0 Å². The molecule has 3 fully saturated rings. The van der Waals surface area contributed by atoms with Crippen molar-refractivity contribution in [2.24, 2.45) is 0 Å². The molecule has 2 aliphatic heterocycles. The SMILES string of the molecule is CN1CC(Nc2ncc3c(OC4CCOCC4)ncc(C4CCCCC4)c3n2)CC1=O. The summed E-state index contributed by atoms with van der Waals surface area (Å²) in [5.74, 6) is 1.81. The maximum Gasteiger partial charge on any atom is 0.224 e. The Morgan fingerprint density at radius 1 is 1.10 bits per heavy atom. The number of carbonyl (C=O) groups excluding carboxylic acids is 1. The summed E-state index contributed by atoms with van der Waals surface area (Å²) in [5.41, 5.74) is 2.12. The van der Waals surface area contributed by atoms with E-state index in [0.717, 1.165) is 37.0 Å². The van der Waals surface area contributed by atoms with Crippen molar-refractivity contribution in [3.63, 3.8) is 0 Å². The van der Waals surface area contributed by atoms with E-state index < -0.39 is 0 Å². The van der Waals surface area contributed by atoms with Gasteiger partial charge in [-0.2, -0.15) is 0 Å². The standard InChI is InChI=1S/C23H31N5O3/c1-28-14-16(11-20(28)29)26-23-25-13-19-21(27-23)18(15-5-3-2-4-6-15)12-24-22(19)31-17-7-9-30-10-8-17/h12-13,15-17H,2-11,14H2,1H3,(H,25,26,27). The number of hydrogen-bond donors (Lipinski definition) is 1. The van der Waals surface area contributed by atoms with Gasteiger partial charge in [0.2, 0.25) is 17.7 Å². The zero-order valence-electron chi connectivity index (χ0n) is 18.2. The Hall–Kier alpha value is -2.48. The predicted octanol–water partition coefficient (Wildman–Crippen LogP) is 3.27. The predicted molar refractivity (Wildman–Crippen MR) is 117 cm³/mol. The number of carbonyl (C=O) groups is 1. The summed E-state index contributed by atoms with van der Waals surface area (Å²) in [6.07, 6.45) is 12.3. The van der Waals surface area contributed by atoms with Crippen LogP contribution >= 0.6 is 0 Å². The molecule has 166 valence electrons. The minimum absolute atomic E-state index is 0.0351. The summed E-state index contributed by atoms with van der Waals surface area (Å²) in [6, 6.07) is 0.0351. The number of rotatable bonds is 5. The van der Waals surface area contributed by atoms with Crippen LogP contribution in [-0.2, 0) is 9.53 Å². The molecule has 1 N–H and O–H groups in total. The van der Waals surface area contributed by atoms with Gasteiger partial charge >= 0.3 is 0 Å². The van der Waals surface area contributed by atoms with Crippen LogP contribution < -0.4 is 10.1 Å². The van der Waals surface area contributed by atoms with Crippen LogP contribution in [0, 0.1) is 0 Å². The molecule has 2 saturated heterocycles. The lowest BCUT2D eigenvalue weighted by atomic mass is 9.84. The number of hydrogen-bond acceptors (Lipinski definition) is 7. The van der Waals surface area contributed by atoms with Crippen LogP contribution in [0.2, 0.25) is 0 Å². The van der Waals surface area contributed by atoms with E-state index in [4.69, 9.17) is 19.4 Å². The molecule has 8 nitrogen and oxygen atoms in total. The Morgan fingerprint density at radius 2 is 1.90 bits per heavy atom. The normalized spacial score (nSPS) is 23.5. The topological polar surface area (TPSA) is 89.5 Å². The van der Waals surface area contributed by atoms with Gasteiger partial charge in [0.05, 0.1) is 30.2 Å². The molecule has 0 aromatic carbocycles. The fourth-order valence-electron chi connectivity index (χ4n) is 4.99. The maximum atomic E-state index is 11.9. The van der Waals surface area contributed by atoms with Gasteiger partial charge in [0, 0.05) is 50.8 Å². The third-order valence-electron chi connectivity index (χ3n) is 6.78. The Labute approximate surface area is 182 Å². The quantitative estimate of drug-likeness (QED) is 0.786. The lowest BCUT2D eigenvalue weighted by molar-refractivity contribution is -0.126. The van der Waals surface area contributed by atoms with Crippen LogP contribution in [0.25, 0.3) is 10.9 Å². The molecule has 2 aromatic heterocycles. The lowest BCUT2D eigenvalue weighted by Gasteiger charge is -2.25. The van der Waals surface area contributed by atoms with Crippen LogP contribution in [0.1, 0.15) is 62.8 Å². The first-order chi connectivity index (χ1) is 15.2. The smallest absolute Gasteiger partial charge is 0.224 e. The molecule has 1 atom stereocenters. The molecule has 4 heterocycles.